The summed E-state index contributed by atoms with van der Waals surface area (Å²) in [4.78, 5) is 14.4. The van der Waals surface area contributed by atoms with Crippen molar-refractivity contribution in [2.24, 2.45) is 5.73 Å². The molecule has 170 valence electrons. The van der Waals surface area contributed by atoms with Crippen LogP contribution in [-0.4, -0.2) is 38.4 Å². The van der Waals surface area contributed by atoms with Crippen molar-refractivity contribution in [2.45, 2.75) is 32.0 Å². The van der Waals surface area contributed by atoms with Crippen LogP contribution in [0.4, 0.5) is 13.2 Å². The van der Waals surface area contributed by atoms with E-state index in [1.54, 1.807) is 21.7 Å². The third-order valence-electron chi connectivity index (χ3n) is 5.24. The molecular formula is C21H20Cl2F3N5O. The minimum atomic E-state index is -1.26. The predicted octanol–water partition coefficient (Wildman–Crippen LogP) is 3.74. The molecule has 0 aliphatic carbocycles. The lowest BCUT2D eigenvalue weighted by Gasteiger charge is -2.28. The Balaban J connectivity index is 0.00000289. The highest BCUT2D eigenvalue weighted by atomic mass is 35.5. The van der Waals surface area contributed by atoms with Gasteiger partial charge in [0.2, 0.25) is 5.91 Å². The molecule has 0 bridgehead atoms. The monoisotopic (exact) mass is 485 g/mol. The predicted molar refractivity (Wildman–Crippen MR) is 116 cm³/mol. The van der Waals surface area contributed by atoms with Crippen molar-refractivity contribution in [3.05, 3.63) is 70.1 Å². The van der Waals surface area contributed by atoms with Gasteiger partial charge in [0.1, 0.15) is 11.5 Å². The van der Waals surface area contributed by atoms with E-state index in [4.69, 9.17) is 17.3 Å². The molecule has 0 saturated heterocycles. The van der Waals surface area contributed by atoms with Crippen LogP contribution in [0.1, 0.15) is 17.7 Å². The van der Waals surface area contributed by atoms with E-state index in [0.717, 1.165) is 17.3 Å². The van der Waals surface area contributed by atoms with E-state index in [1.165, 1.54) is 0 Å². The molecular weight excluding hydrogens is 466 g/mol. The number of hydrogen-bond donors (Lipinski definition) is 1. The minimum absolute atomic E-state index is 0. The zero-order chi connectivity index (χ0) is 22.1. The average Bonchev–Trinajstić information content (AvgIpc) is 3.15. The van der Waals surface area contributed by atoms with E-state index >= 15 is 0 Å². The summed E-state index contributed by atoms with van der Waals surface area (Å²) in [6, 6.07) is 7.69. The van der Waals surface area contributed by atoms with Crippen molar-refractivity contribution in [1.82, 2.24) is 19.9 Å². The van der Waals surface area contributed by atoms with Crippen molar-refractivity contribution < 1.29 is 18.0 Å². The molecule has 4 rings (SSSR count). The highest BCUT2D eigenvalue weighted by Gasteiger charge is 2.27. The Morgan fingerprint density at radius 2 is 1.78 bits per heavy atom. The fraction of sp³-hybridized carbons (Fsp3) is 0.286. The van der Waals surface area contributed by atoms with Crippen LogP contribution in [0.25, 0.3) is 11.3 Å². The summed E-state index contributed by atoms with van der Waals surface area (Å²) < 4.78 is 42.1. The lowest BCUT2D eigenvalue weighted by molar-refractivity contribution is -0.133. The Hall–Kier alpha value is -2.62. The number of rotatable bonds is 5. The number of nitrogens with zero attached hydrogens (tertiary/aromatic N) is 4. The van der Waals surface area contributed by atoms with Crippen LogP contribution < -0.4 is 5.73 Å². The molecule has 1 aromatic heterocycles. The number of fused-ring (bicyclic) bond motifs is 1. The number of carbonyl (C=O) groups excluding carboxylic acids is 1. The average molecular weight is 486 g/mol. The smallest absolute Gasteiger partial charge is 0.224 e. The highest BCUT2D eigenvalue weighted by molar-refractivity contribution is 6.30. The first-order valence-corrected chi connectivity index (χ1v) is 10.0. The number of halogens is 5. The summed E-state index contributed by atoms with van der Waals surface area (Å²) in [5, 5.41) is 8.99. The second-order valence-corrected chi connectivity index (χ2v) is 7.89. The van der Waals surface area contributed by atoms with E-state index in [2.05, 4.69) is 10.3 Å². The van der Waals surface area contributed by atoms with Crippen LogP contribution in [0.15, 0.2) is 36.4 Å². The molecule has 1 amide bonds. The summed E-state index contributed by atoms with van der Waals surface area (Å²) in [7, 11) is 0. The molecule has 11 heteroatoms. The molecule has 0 spiro atoms. The first-order valence-electron chi connectivity index (χ1n) is 9.67. The summed E-state index contributed by atoms with van der Waals surface area (Å²) in [5.74, 6) is -3.52. The Morgan fingerprint density at radius 1 is 1.09 bits per heavy atom. The molecule has 0 radical (unpaired) electrons. The SMILES string of the molecule is Cl.N[C@@H](CC(=O)N1CCn2nnc(-c3ccc(Cl)cc3)c2C1)Cc1cc(F)c(F)cc1F. The van der Waals surface area contributed by atoms with Gasteiger partial charge in [-0.15, -0.1) is 17.5 Å². The molecule has 32 heavy (non-hydrogen) atoms. The maximum atomic E-state index is 13.9. The van der Waals surface area contributed by atoms with Crippen molar-refractivity contribution in [2.75, 3.05) is 6.54 Å². The van der Waals surface area contributed by atoms with E-state index in [9.17, 15) is 18.0 Å². The Kier molecular flexibility index (Phi) is 7.43. The molecule has 1 atom stereocenters. The van der Waals surface area contributed by atoms with Crippen LogP contribution >= 0.6 is 24.0 Å². The van der Waals surface area contributed by atoms with Gasteiger partial charge in [-0.1, -0.05) is 28.9 Å². The van der Waals surface area contributed by atoms with Gasteiger partial charge >= 0.3 is 0 Å². The maximum Gasteiger partial charge on any atom is 0.224 e. The molecule has 0 unspecified atom stereocenters. The molecule has 1 aliphatic heterocycles. The topological polar surface area (TPSA) is 77.0 Å². The van der Waals surface area contributed by atoms with Crippen molar-refractivity contribution >= 4 is 29.9 Å². The summed E-state index contributed by atoms with van der Waals surface area (Å²) in [6.07, 6.45) is -0.144. The number of carbonyl (C=O) groups is 1. The van der Waals surface area contributed by atoms with Gasteiger partial charge < -0.3 is 10.6 Å². The largest absolute Gasteiger partial charge is 0.335 e. The van der Waals surface area contributed by atoms with E-state index in [1.807, 2.05) is 12.1 Å². The normalized spacial score (nSPS) is 14.0. The van der Waals surface area contributed by atoms with Crippen molar-refractivity contribution in [3.63, 3.8) is 0 Å². The first kappa shape index (κ1) is 24.0. The molecule has 2 heterocycles. The molecule has 0 fully saturated rings. The van der Waals surface area contributed by atoms with E-state index in [0.29, 0.717) is 36.4 Å². The maximum absolute atomic E-state index is 13.9. The van der Waals surface area contributed by atoms with Crippen LogP contribution in [0.3, 0.4) is 0 Å². The zero-order valence-electron chi connectivity index (χ0n) is 16.8. The Bertz CT molecular complexity index is 1120. The quantitative estimate of drug-likeness (QED) is 0.558. The molecule has 0 saturated carbocycles. The minimum Gasteiger partial charge on any atom is -0.335 e. The number of aromatic nitrogens is 3. The van der Waals surface area contributed by atoms with E-state index in [-0.39, 0.29) is 36.7 Å². The lowest BCUT2D eigenvalue weighted by Crippen LogP contribution is -2.41. The highest BCUT2D eigenvalue weighted by Crippen LogP contribution is 2.26. The second kappa shape index (κ2) is 9.89. The van der Waals surface area contributed by atoms with Gasteiger partial charge in [-0.3, -0.25) is 4.79 Å². The number of benzene rings is 2. The zero-order valence-corrected chi connectivity index (χ0v) is 18.3. The number of nitrogens with two attached hydrogens (primary N) is 1. The van der Waals surface area contributed by atoms with Gasteiger partial charge in [0, 0.05) is 35.7 Å². The first-order chi connectivity index (χ1) is 14.8. The van der Waals surface area contributed by atoms with Crippen LogP contribution in [0.2, 0.25) is 5.02 Å². The van der Waals surface area contributed by atoms with Gasteiger partial charge in [0.05, 0.1) is 18.8 Å². The number of amides is 1. The van der Waals surface area contributed by atoms with Gasteiger partial charge in [-0.2, -0.15) is 0 Å². The third kappa shape index (κ3) is 5.06. The van der Waals surface area contributed by atoms with Gasteiger partial charge in [0.25, 0.3) is 0 Å². The molecule has 2 N–H and O–H groups in total. The fourth-order valence-corrected chi connectivity index (χ4v) is 3.74. The fourth-order valence-electron chi connectivity index (χ4n) is 3.62. The summed E-state index contributed by atoms with van der Waals surface area (Å²) in [5.41, 5.74) is 8.24. The van der Waals surface area contributed by atoms with Crippen LogP contribution in [0.5, 0.6) is 0 Å². The summed E-state index contributed by atoms with van der Waals surface area (Å²) in [6.45, 7) is 1.21. The molecule has 1 aliphatic rings. The number of hydrogen-bond acceptors (Lipinski definition) is 4. The van der Waals surface area contributed by atoms with Crippen molar-refractivity contribution in [1.29, 1.82) is 0 Å². The Morgan fingerprint density at radius 3 is 2.50 bits per heavy atom. The Labute approximate surface area is 193 Å². The molecule has 6 nitrogen and oxygen atoms in total. The van der Waals surface area contributed by atoms with Gasteiger partial charge in [0.15, 0.2) is 11.6 Å². The van der Waals surface area contributed by atoms with Crippen LogP contribution in [0, 0.1) is 17.5 Å². The van der Waals surface area contributed by atoms with Gasteiger partial charge in [-0.05, 0) is 30.2 Å². The van der Waals surface area contributed by atoms with Crippen molar-refractivity contribution in [3.8, 4) is 11.3 Å². The molecule has 3 aromatic rings. The van der Waals surface area contributed by atoms with E-state index < -0.39 is 23.5 Å². The molecule has 2 aromatic carbocycles. The summed E-state index contributed by atoms with van der Waals surface area (Å²) >= 11 is 5.94. The van der Waals surface area contributed by atoms with Crippen LogP contribution in [-0.2, 0) is 24.3 Å². The standard InChI is InChI=1S/C21H19ClF3N5O.ClH/c22-14-3-1-12(2-4-14)21-19-11-29(5-6-30(19)28-27-21)20(31)9-15(26)7-13-8-17(24)18(25)10-16(13)23;/h1-4,8,10,15H,5-7,9,11,26H2;1H/t15-;/m1./s1. The lowest BCUT2D eigenvalue weighted by atomic mass is 10.0. The third-order valence-corrected chi connectivity index (χ3v) is 5.49. The second-order valence-electron chi connectivity index (χ2n) is 7.46. The van der Waals surface area contributed by atoms with Gasteiger partial charge in [-0.25, -0.2) is 17.9 Å².